The average Bonchev–Trinajstić information content (AvgIpc) is 3.48. The van der Waals surface area contributed by atoms with Gasteiger partial charge in [-0.05, 0) is 141 Å². The highest BCUT2D eigenvalue weighted by Crippen LogP contribution is 2.51. The number of nitrogens with zero attached hydrogens (tertiary/aromatic N) is 2. The van der Waals surface area contributed by atoms with Crippen molar-refractivity contribution in [2.45, 2.75) is 33.1 Å². The summed E-state index contributed by atoms with van der Waals surface area (Å²) in [4.78, 5) is 4.77. The first-order valence-corrected chi connectivity index (χ1v) is 20.6. The summed E-state index contributed by atoms with van der Waals surface area (Å²) >= 11 is 0. The van der Waals surface area contributed by atoms with Crippen molar-refractivity contribution in [2.24, 2.45) is 0 Å². The fourth-order valence-corrected chi connectivity index (χ4v) is 9.24. The summed E-state index contributed by atoms with van der Waals surface area (Å²) in [6, 6.07) is 70.9. The van der Waals surface area contributed by atoms with E-state index in [1.807, 2.05) is 0 Å². The van der Waals surface area contributed by atoms with Gasteiger partial charge in [0.1, 0.15) is 0 Å². The van der Waals surface area contributed by atoms with E-state index in [9.17, 15) is 0 Å². The Bertz CT molecular complexity index is 2970. The fourth-order valence-electron chi connectivity index (χ4n) is 9.24. The number of benzene rings is 9. The van der Waals surface area contributed by atoms with Crippen molar-refractivity contribution >= 4 is 67.8 Å². The molecule has 9 aromatic carbocycles. The zero-order valence-corrected chi connectivity index (χ0v) is 34.0. The molecule has 0 unspecified atom stereocenters. The summed E-state index contributed by atoms with van der Waals surface area (Å²) in [5.74, 6) is 0. The standard InChI is InChI=1S/C57H46N2/c1-39-33-40(2)35-48(34-39)59(56-37-43-15-11-12-20-49(43)50-21-13-14-22-53(50)56)46-28-25-41(26-29-46)23-24-42-27-31-51-52-32-30-47(38-55(52)57(3,4)54(51)36-42)58(44-16-7-5-8-17-44)45-18-9-6-10-19-45/h5-38H,1-4H3/b24-23+. The number of fused-ring (bicyclic) bond motifs is 6. The molecule has 0 bridgehead atoms. The lowest BCUT2D eigenvalue weighted by Gasteiger charge is -2.28. The summed E-state index contributed by atoms with van der Waals surface area (Å²) in [7, 11) is 0. The number of para-hydroxylation sites is 2. The van der Waals surface area contributed by atoms with Crippen molar-refractivity contribution in [3.63, 3.8) is 0 Å². The van der Waals surface area contributed by atoms with E-state index in [4.69, 9.17) is 0 Å². The Morgan fingerprint density at radius 2 is 0.881 bits per heavy atom. The molecule has 2 nitrogen and oxygen atoms in total. The van der Waals surface area contributed by atoms with E-state index in [1.165, 1.54) is 66.2 Å². The smallest absolute Gasteiger partial charge is 0.0546 e. The lowest BCUT2D eigenvalue weighted by Crippen LogP contribution is -2.16. The van der Waals surface area contributed by atoms with Crippen molar-refractivity contribution in [1.82, 2.24) is 0 Å². The predicted octanol–water partition coefficient (Wildman–Crippen LogP) is 16.0. The highest BCUT2D eigenvalue weighted by molar-refractivity contribution is 6.14. The molecule has 0 saturated carbocycles. The van der Waals surface area contributed by atoms with Crippen molar-refractivity contribution in [3.8, 4) is 11.1 Å². The molecule has 0 saturated heterocycles. The van der Waals surface area contributed by atoms with Gasteiger partial charge in [-0.1, -0.05) is 153 Å². The summed E-state index contributed by atoms with van der Waals surface area (Å²) in [5.41, 5.74) is 17.0. The van der Waals surface area contributed by atoms with Gasteiger partial charge in [0.15, 0.2) is 0 Å². The fraction of sp³-hybridized carbons (Fsp3) is 0.0877. The molecule has 0 N–H and O–H groups in total. The van der Waals surface area contributed by atoms with Gasteiger partial charge in [0.05, 0.1) is 5.69 Å². The zero-order chi connectivity index (χ0) is 40.1. The van der Waals surface area contributed by atoms with E-state index in [0.717, 1.165) is 34.0 Å². The third-order valence-corrected chi connectivity index (χ3v) is 12.0. The van der Waals surface area contributed by atoms with Gasteiger partial charge >= 0.3 is 0 Å². The second-order valence-electron chi connectivity index (χ2n) is 16.4. The topological polar surface area (TPSA) is 6.48 Å². The van der Waals surface area contributed by atoms with Crippen LogP contribution in [0.4, 0.5) is 34.1 Å². The van der Waals surface area contributed by atoms with Crippen LogP contribution < -0.4 is 9.80 Å². The van der Waals surface area contributed by atoms with Gasteiger partial charge in [0.25, 0.3) is 0 Å². The van der Waals surface area contributed by atoms with E-state index < -0.39 is 0 Å². The monoisotopic (exact) mass is 758 g/mol. The zero-order valence-electron chi connectivity index (χ0n) is 34.0. The third-order valence-electron chi connectivity index (χ3n) is 12.0. The Morgan fingerprint density at radius 1 is 0.373 bits per heavy atom. The van der Waals surface area contributed by atoms with Crippen LogP contribution in [0.2, 0.25) is 0 Å². The van der Waals surface area contributed by atoms with Crippen molar-refractivity contribution in [3.05, 3.63) is 228 Å². The molecular formula is C57H46N2. The van der Waals surface area contributed by atoms with Gasteiger partial charge in [-0.3, -0.25) is 0 Å². The number of hydrogen-bond acceptors (Lipinski definition) is 2. The molecule has 0 radical (unpaired) electrons. The van der Waals surface area contributed by atoms with E-state index in [2.05, 4.69) is 244 Å². The lowest BCUT2D eigenvalue weighted by molar-refractivity contribution is 0.660. The highest BCUT2D eigenvalue weighted by Gasteiger charge is 2.36. The molecule has 1 aliphatic rings. The average molecular weight is 759 g/mol. The minimum Gasteiger partial charge on any atom is -0.310 e. The number of hydrogen-bond donors (Lipinski definition) is 0. The summed E-state index contributed by atoms with van der Waals surface area (Å²) in [6.45, 7) is 9.09. The number of rotatable bonds is 8. The number of aryl methyl sites for hydroxylation is 2. The third kappa shape index (κ3) is 6.57. The van der Waals surface area contributed by atoms with E-state index in [1.54, 1.807) is 0 Å². The predicted molar refractivity (Wildman–Crippen MR) is 253 cm³/mol. The van der Waals surface area contributed by atoms with Crippen LogP contribution in [-0.2, 0) is 5.41 Å². The minimum absolute atomic E-state index is 0.157. The maximum Gasteiger partial charge on any atom is 0.0546 e. The Balaban J connectivity index is 0.973. The molecule has 2 heteroatoms. The minimum atomic E-state index is -0.157. The number of anilines is 6. The molecule has 284 valence electrons. The molecule has 1 aliphatic carbocycles. The summed E-state index contributed by atoms with van der Waals surface area (Å²) in [6.07, 6.45) is 4.49. The van der Waals surface area contributed by atoms with Gasteiger partial charge in [-0.25, -0.2) is 0 Å². The largest absolute Gasteiger partial charge is 0.310 e. The van der Waals surface area contributed by atoms with Crippen LogP contribution >= 0.6 is 0 Å². The SMILES string of the molecule is Cc1cc(C)cc(N(c2ccc(/C=C/c3ccc4c(c3)C(C)(C)c3cc(N(c5ccccc5)c5ccccc5)ccc3-4)cc2)c2cc3ccccc3c3ccccc23)c1. The van der Waals surface area contributed by atoms with Crippen LogP contribution in [0.1, 0.15) is 47.2 Å². The quantitative estimate of drug-likeness (QED) is 0.112. The molecule has 0 spiro atoms. The first-order valence-electron chi connectivity index (χ1n) is 20.6. The van der Waals surface area contributed by atoms with Gasteiger partial charge < -0.3 is 9.80 Å². The van der Waals surface area contributed by atoms with Gasteiger partial charge in [-0.15, -0.1) is 0 Å². The van der Waals surface area contributed by atoms with Gasteiger partial charge in [0, 0.05) is 39.2 Å². The first kappa shape index (κ1) is 36.2. The maximum atomic E-state index is 2.42. The Labute approximate surface area is 348 Å². The molecule has 9 aromatic rings. The van der Waals surface area contributed by atoms with Crippen LogP contribution in [0.3, 0.4) is 0 Å². The maximum absolute atomic E-state index is 2.42. The molecule has 10 rings (SSSR count). The molecule has 0 aromatic heterocycles. The van der Waals surface area contributed by atoms with Crippen molar-refractivity contribution in [1.29, 1.82) is 0 Å². The summed E-state index contributed by atoms with van der Waals surface area (Å²) < 4.78 is 0. The molecule has 0 aliphatic heterocycles. The molecular weight excluding hydrogens is 713 g/mol. The van der Waals surface area contributed by atoms with Crippen LogP contribution in [0.15, 0.2) is 194 Å². The van der Waals surface area contributed by atoms with Crippen molar-refractivity contribution in [2.75, 3.05) is 9.80 Å². The van der Waals surface area contributed by atoms with E-state index in [-0.39, 0.29) is 5.41 Å². The second-order valence-corrected chi connectivity index (χ2v) is 16.4. The van der Waals surface area contributed by atoms with Crippen LogP contribution in [0.5, 0.6) is 0 Å². The summed E-state index contributed by atoms with van der Waals surface area (Å²) in [5, 5.41) is 5.00. The molecule has 59 heavy (non-hydrogen) atoms. The van der Waals surface area contributed by atoms with Crippen LogP contribution in [-0.4, -0.2) is 0 Å². The van der Waals surface area contributed by atoms with E-state index in [0.29, 0.717) is 0 Å². The normalized spacial score (nSPS) is 12.8. The molecule has 0 fully saturated rings. The van der Waals surface area contributed by atoms with Crippen LogP contribution in [0.25, 0.3) is 44.8 Å². The van der Waals surface area contributed by atoms with E-state index >= 15 is 0 Å². The molecule has 0 heterocycles. The second kappa shape index (κ2) is 14.7. The highest BCUT2D eigenvalue weighted by atomic mass is 15.1. The molecule has 0 atom stereocenters. The van der Waals surface area contributed by atoms with Gasteiger partial charge in [-0.2, -0.15) is 0 Å². The first-order chi connectivity index (χ1) is 28.8. The Morgan fingerprint density at radius 3 is 1.56 bits per heavy atom. The lowest BCUT2D eigenvalue weighted by atomic mass is 9.81. The molecule has 0 amide bonds. The Hall–Kier alpha value is -7.16. The van der Waals surface area contributed by atoms with Crippen LogP contribution in [0, 0.1) is 13.8 Å². The van der Waals surface area contributed by atoms with Gasteiger partial charge in [0.2, 0.25) is 0 Å². The Kier molecular flexibility index (Phi) is 8.99. The van der Waals surface area contributed by atoms with Crippen molar-refractivity contribution < 1.29 is 0 Å².